The first-order valence-corrected chi connectivity index (χ1v) is 8.29. The Labute approximate surface area is 142 Å². The van der Waals surface area contributed by atoms with E-state index in [-0.39, 0.29) is 0 Å². The molecule has 3 aromatic rings. The van der Waals surface area contributed by atoms with Gasteiger partial charge in [0.2, 0.25) is 0 Å². The van der Waals surface area contributed by atoms with Gasteiger partial charge in [0.15, 0.2) is 0 Å². The molecule has 1 aliphatic rings. The van der Waals surface area contributed by atoms with E-state index in [9.17, 15) is 0 Å². The van der Waals surface area contributed by atoms with Gasteiger partial charge in [0.05, 0.1) is 11.4 Å². The summed E-state index contributed by atoms with van der Waals surface area (Å²) in [6.45, 7) is 0. The van der Waals surface area contributed by atoms with E-state index in [1.165, 1.54) is 16.8 Å². The Morgan fingerprint density at radius 3 is 2.38 bits per heavy atom. The van der Waals surface area contributed by atoms with Gasteiger partial charge in [0.25, 0.3) is 0 Å². The van der Waals surface area contributed by atoms with Crippen molar-refractivity contribution < 1.29 is 0 Å². The molecule has 2 heterocycles. The second kappa shape index (κ2) is 6.67. The third-order valence-corrected chi connectivity index (χ3v) is 4.22. The van der Waals surface area contributed by atoms with Crippen LogP contribution >= 0.6 is 0 Å². The number of aliphatic imine (C=N–C) groups is 1. The molecule has 0 amide bonds. The molecule has 0 saturated carbocycles. The van der Waals surface area contributed by atoms with Gasteiger partial charge in [-0.15, -0.1) is 0 Å². The van der Waals surface area contributed by atoms with Crippen molar-refractivity contribution in [3.05, 3.63) is 89.9 Å². The van der Waals surface area contributed by atoms with Crippen molar-refractivity contribution in [2.75, 3.05) is 0 Å². The van der Waals surface area contributed by atoms with Gasteiger partial charge < -0.3 is 0 Å². The maximum Gasteiger partial charge on any atom is 0.0905 e. The van der Waals surface area contributed by atoms with Gasteiger partial charge in [-0.3, -0.25) is 4.99 Å². The number of hydrogen-bond donors (Lipinski definition) is 0. The molecule has 0 N–H and O–H groups in total. The first kappa shape index (κ1) is 14.6. The molecule has 24 heavy (non-hydrogen) atoms. The first-order chi connectivity index (χ1) is 11.9. The Morgan fingerprint density at radius 2 is 1.67 bits per heavy atom. The number of nitrogens with zero attached hydrogens (tertiary/aromatic N) is 3. The molecule has 0 atom stereocenters. The minimum absolute atomic E-state index is 0.860. The molecule has 2 aromatic carbocycles. The maximum atomic E-state index is 4.87. The van der Waals surface area contributed by atoms with Crippen molar-refractivity contribution >= 4 is 11.8 Å². The molecule has 118 valence electrons. The molecule has 4 rings (SSSR count). The second-order valence-corrected chi connectivity index (χ2v) is 5.96. The van der Waals surface area contributed by atoms with Gasteiger partial charge in [0.1, 0.15) is 0 Å². The second-order valence-electron chi connectivity index (χ2n) is 5.96. The number of benzene rings is 2. The van der Waals surface area contributed by atoms with Crippen LogP contribution in [0.1, 0.15) is 29.8 Å². The summed E-state index contributed by atoms with van der Waals surface area (Å²) in [5.74, 6) is 0. The van der Waals surface area contributed by atoms with Gasteiger partial charge in [0, 0.05) is 24.5 Å². The number of allylic oxidation sites excluding steroid dienone is 1. The Hall–Kier alpha value is -2.94. The molecule has 3 nitrogen and oxygen atoms in total. The van der Waals surface area contributed by atoms with E-state index in [1.54, 1.807) is 0 Å². The summed E-state index contributed by atoms with van der Waals surface area (Å²) >= 11 is 0. The topological polar surface area (TPSA) is 30.2 Å². The number of rotatable bonds is 4. The SMILES string of the molecule is C1=NC=C(c2cc(Cc3ccccc3)n(-c3ccccc3)n2)CC1. The lowest BCUT2D eigenvalue weighted by Crippen LogP contribution is -2.03. The van der Waals surface area contributed by atoms with Crippen LogP contribution in [0.3, 0.4) is 0 Å². The van der Waals surface area contributed by atoms with Crippen LogP contribution in [0, 0.1) is 0 Å². The van der Waals surface area contributed by atoms with Crippen molar-refractivity contribution in [3.63, 3.8) is 0 Å². The fourth-order valence-corrected chi connectivity index (χ4v) is 3.00. The van der Waals surface area contributed by atoms with Crippen LogP contribution in [0.25, 0.3) is 11.3 Å². The number of para-hydroxylation sites is 1. The van der Waals surface area contributed by atoms with Crippen LogP contribution in [0.4, 0.5) is 0 Å². The number of hydrogen-bond acceptors (Lipinski definition) is 2. The molecule has 0 fully saturated rings. The highest BCUT2D eigenvalue weighted by molar-refractivity contribution is 5.72. The molecule has 0 unspecified atom stereocenters. The molecule has 1 aliphatic heterocycles. The predicted octanol–water partition coefficient (Wildman–Crippen LogP) is 4.67. The predicted molar refractivity (Wildman–Crippen MR) is 98.5 cm³/mol. The van der Waals surface area contributed by atoms with E-state index in [0.717, 1.165) is 30.6 Å². The van der Waals surface area contributed by atoms with E-state index >= 15 is 0 Å². The van der Waals surface area contributed by atoms with E-state index < -0.39 is 0 Å². The van der Waals surface area contributed by atoms with Crippen molar-refractivity contribution in [1.29, 1.82) is 0 Å². The van der Waals surface area contributed by atoms with E-state index in [1.807, 2.05) is 36.7 Å². The van der Waals surface area contributed by atoms with Crippen LogP contribution in [0.5, 0.6) is 0 Å². The van der Waals surface area contributed by atoms with Gasteiger partial charge in [-0.05, 0) is 42.2 Å². The molecule has 0 saturated heterocycles. The molecule has 0 radical (unpaired) electrons. The van der Waals surface area contributed by atoms with Crippen LogP contribution in [0.2, 0.25) is 0 Å². The molecular formula is C21H19N3. The van der Waals surface area contributed by atoms with Crippen LogP contribution in [-0.2, 0) is 6.42 Å². The third-order valence-electron chi connectivity index (χ3n) is 4.22. The summed E-state index contributed by atoms with van der Waals surface area (Å²) in [4.78, 5) is 4.29. The van der Waals surface area contributed by atoms with Crippen molar-refractivity contribution in [2.45, 2.75) is 19.3 Å². The largest absolute Gasteiger partial charge is 0.269 e. The minimum atomic E-state index is 0.860. The van der Waals surface area contributed by atoms with Gasteiger partial charge in [-0.25, -0.2) is 4.68 Å². The molecule has 3 heteroatoms. The van der Waals surface area contributed by atoms with Crippen LogP contribution in [-0.4, -0.2) is 16.0 Å². The van der Waals surface area contributed by atoms with Crippen LogP contribution in [0.15, 0.2) is 77.9 Å². The zero-order valence-corrected chi connectivity index (χ0v) is 13.5. The summed E-state index contributed by atoms with van der Waals surface area (Å²) in [6, 6.07) is 23.1. The zero-order valence-electron chi connectivity index (χ0n) is 13.5. The normalized spacial score (nSPS) is 13.8. The lowest BCUT2D eigenvalue weighted by atomic mass is 10.1. The van der Waals surface area contributed by atoms with Crippen LogP contribution < -0.4 is 0 Å². The summed E-state index contributed by atoms with van der Waals surface area (Å²) in [5, 5.41) is 4.87. The lowest BCUT2D eigenvalue weighted by molar-refractivity contribution is 0.817. The monoisotopic (exact) mass is 313 g/mol. The zero-order chi connectivity index (χ0) is 16.2. The average Bonchev–Trinajstić information content (AvgIpc) is 3.08. The Morgan fingerprint density at radius 1 is 0.917 bits per heavy atom. The average molecular weight is 313 g/mol. The Balaban J connectivity index is 1.76. The Kier molecular flexibility index (Phi) is 4.07. The van der Waals surface area contributed by atoms with Gasteiger partial charge >= 0.3 is 0 Å². The van der Waals surface area contributed by atoms with E-state index in [2.05, 4.69) is 52.1 Å². The standard InChI is InChI=1S/C21H19N3/c1-3-8-17(9-4-1)14-20-15-21(18-10-7-13-22-16-18)23-24(20)19-11-5-2-6-12-19/h1-6,8-9,11-13,15-16H,7,10,14H2. The third kappa shape index (κ3) is 3.06. The highest BCUT2D eigenvalue weighted by Gasteiger charge is 2.14. The number of aromatic nitrogens is 2. The highest BCUT2D eigenvalue weighted by Crippen LogP contribution is 2.25. The Bertz CT molecular complexity index is 874. The fraction of sp³-hybridized carbons (Fsp3) is 0.143. The smallest absolute Gasteiger partial charge is 0.0905 e. The molecule has 1 aromatic heterocycles. The van der Waals surface area contributed by atoms with Crippen molar-refractivity contribution in [3.8, 4) is 5.69 Å². The summed E-state index contributed by atoms with van der Waals surface area (Å²) in [7, 11) is 0. The van der Waals surface area contributed by atoms with E-state index in [4.69, 9.17) is 5.10 Å². The quantitative estimate of drug-likeness (QED) is 0.688. The summed E-state index contributed by atoms with van der Waals surface area (Å²) < 4.78 is 2.06. The van der Waals surface area contributed by atoms with Gasteiger partial charge in [-0.1, -0.05) is 48.5 Å². The van der Waals surface area contributed by atoms with Gasteiger partial charge in [-0.2, -0.15) is 5.10 Å². The molecule has 0 aliphatic carbocycles. The highest BCUT2D eigenvalue weighted by atomic mass is 15.3. The van der Waals surface area contributed by atoms with Crippen molar-refractivity contribution in [2.24, 2.45) is 4.99 Å². The van der Waals surface area contributed by atoms with Crippen molar-refractivity contribution in [1.82, 2.24) is 9.78 Å². The molecule has 0 bridgehead atoms. The summed E-state index contributed by atoms with van der Waals surface area (Å²) in [5.41, 5.74) is 5.81. The minimum Gasteiger partial charge on any atom is -0.269 e. The first-order valence-electron chi connectivity index (χ1n) is 8.29. The maximum absolute atomic E-state index is 4.87. The van der Waals surface area contributed by atoms with E-state index in [0.29, 0.717) is 0 Å². The molecular weight excluding hydrogens is 294 g/mol. The molecule has 0 spiro atoms. The lowest BCUT2D eigenvalue weighted by Gasteiger charge is -2.07. The summed E-state index contributed by atoms with van der Waals surface area (Å²) in [6.07, 6.45) is 6.74. The fourth-order valence-electron chi connectivity index (χ4n) is 3.00.